The van der Waals surface area contributed by atoms with Crippen LogP contribution in [0.4, 0.5) is 11.6 Å². The van der Waals surface area contributed by atoms with Gasteiger partial charge in [0.05, 0.1) is 0 Å². The van der Waals surface area contributed by atoms with E-state index in [2.05, 4.69) is 32.7 Å². The van der Waals surface area contributed by atoms with Crippen LogP contribution in [0, 0.1) is 12.8 Å². The first-order valence-electron chi connectivity index (χ1n) is 6.42. The normalized spacial score (nSPS) is 20.7. The lowest BCUT2D eigenvalue weighted by Crippen LogP contribution is -2.35. The van der Waals surface area contributed by atoms with Gasteiger partial charge in [0.2, 0.25) is 0 Å². The molecule has 0 amide bonds. The van der Waals surface area contributed by atoms with Crippen molar-refractivity contribution in [3.05, 3.63) is 11.9 Å². The molecule has 0 aromatic carbocycles. The van der Waals surface area contributed by atoms with E-state index < -0.39 is 0 Å². The van der Waals surface area contributed by atoms with Gasteiger partial charge in [-0.15, -0.1) is 0 Å². The number of piperidine rings is 1. The quantitative estimate of drug-likeness (QED) is 0.542. The van der Waals surface area contributed by atoms with Crippen molar-refractivity contribution in [2.24, 2.45) is 11.8 Å². The summed E-state index contributed by atoms with van der Waals surface area (Å²) < 4.78 is 0. The molecule has 0 aliphatic carbocycles. The molecule has 0 saturated carbocycles. The molecular weight excluding hydrogens is 228 g/mol. The summed E-state index contributed by atoms with van der Waals surface area (Å²) >= 11 is 0. The van der Waals surface area contributed by atoms with Crippen molar-refractivity contribution in [2.75, 3.05) is 37.4 Å². The molecule has 1 aliphatic rings. The highest BCUT2D eigenvalue weighted by Crippen LogP contribution is 2.16. The predicted molar refractivity (Wildman–Crippen MR) is 73.3 cm³/mol. The van der Waals surface area contributed by atoms with Crippen LogP contribution in [0.2, 0.25) is 0 Å². The molecular formula is C12H22N6. The molecule has 18 heavy (non-hydrogen) atoms. The molecule has 0 spiro atoms. The van der Waals surface area contributed by atoms with Crippen LogP contribution in [0.5, 0.6) is 0 Å². The number of hydrogen-bond acceptors (Lipinski definition) is 6. The summed E-state index contributed by atoms with van der Waals surface area (Å²) in [5, 5.41) is 3.38. The van der Waals surface area contributed by atoms with Crippen LogP contribution >= 0.6 is 0 Å². The topological polar surface area (TPSA) is 79.1 Å². The van der Waals surface area contributed by atoms with Crippen molar-refractivity contribution < 1.29 is 0 Å². The lowest BCUT2D eigenvalue weighted by molar-refractivity contribution is 0.217. The molecule has 6 nitrogen and oxygen atoms in total. The Labute approximate surface area is 108 Å². The minimum atomic E-state index is 0.644. The number of aromatic nitrogens is 2. The third kappa shape index (κ3) is 3.54. The summed E-state index contributed by atoms with van der Waals surface area (Å²) in [6.07, 6.45) is 2.56. The number of aryl methyl sites for hydroxylation is 1. The SMILES string of the molecule is Cc1nc(NN)cc(NCC2CCCN(C)C2)n1. The highest BCUT2D eigenvalue weighted by Gasteiger charge is 2.16. The Kier molecular flexibility index (Phi) is 4.33. The fraction of sp³-hybridized carbons (Fsp3) is 0.667. The molecule has 100 valence electrons. The Morgan fingerprint density at radius 2 is 2.22 bits per heavy atom. The van der Waals surface area contributed by atoms with Crippen molar-refractivity contribution in [3.8, 4) is 0 Å². The summed E-state index contributed by atoms with van der Waals surface area (Å²) in [5.41, 5.74) is 2.55. The molecule has 0 bridgehead atoms. The molecule has 1 atom stereocenters. The summed E-state index contributed by atoms with van der Waals surface area (Å²) in [7, 11) is 2.18. The Bertz CT molecular complexity index is 394. The zero-order valence-corrected chi connectivity index (χ0v) is 11.1. The highest BCUT2D eigenvalue weighted by atomic mass is 15.3. The van der Waals surface area contributed by atoms with Crippen molar-refractivity contribution in [3.63, 3.8) is 0 Å². The van der Waals surface area contributed by atoms with Crippen LogP contribution < -0.4 is 16.6 Å². The van der Waals surface area contributed by atoms with Gasteiger partial charge in [-0.1, -0.05) is 0 Å². The van der Waals surface area contributed by atoms with Crippen LogP contribution in [0.25, 0.3) is 0 Å². The molecule has 2 rings (SSSR count). The number of nitrogens with one attached hydrogen (secondary N) is 2. The first kappa shape index (κ1) is 13.0. The molecule has 2 heterocycles. The van der Waals surface area contributed by atoms with Gasteiger partial charge in [0.15, 0.2) is 0 Å². The maximum absolute atomic E-state index is 5.37. The van der Waals surface area contributed by atoms with Crippen molar-refractivity contribution >= 4 is 11.6 Å². The smallest absolute Gasteiger partial charge is 0.145 e. The summed E-state index contributed by atoms with van der Waals surface area (Å²) in [5.74, 6) is 8.26. The Balaban J connectivity index is 1.91. The zero-order valence-electron chi connectivity index (χ0n) is 11.1. The standard InChI is InChI=1S/C12H22N6/c1-9-15-11(6-12(16-9)17-13)14-7-10-4-3-5-18(2)8-10/h6,10H,3-5,7-8,13H2,1-2H3,(H2,14,15,16,17). The highest BCUT2D eigenvalue weighted by molar-refractivity contribution is 5.46. The molecule has 1 fully saturated rings. The van der Waals surface area contributed by atoms with E-state index in [1.807, 2.05) is 13.0 Å². The van der Waals surface area contributed by atoms with Crippen LogP contribution in [0.15, 0.2) is 6.07 Å². The number of nitrogen functional groups attached to an aromatic ring is 1. The summed E-state index contributed by atoms with van der Waals surface area (Å²) in [6.45, 7) is 5.18. The van der Waals surface area contributed by atoms with Gasteiger partial charge in [0, 0.05) is 19.2 Å². The van der Waals surface area contributed by atoms with Crippen molar-refractivity contribution in [1.82, 2.24) is 14.9 Å². The number of nitrogens with two attached hydrogens (primary N) is 1. The number of likely N-dealkylation sites (tertiary alicyclic amines) is 1. The van der Waals surface area contributed by atoms with Crippen molar-refractivity contribution in [2.45, 2.75) is 19.8 Å². The molecule has 1 aliphatic heterocycles. The maximum Gasteiger partial charge on any atom is 0.145 e. The lowest BCUT2D eigenvalue weighted by atomic mass is 9.98. The van der Waals surface area contributed by atoms with Crippen LogP contribution in [0.3, 0.4) is 0 Å². The number of anilines is 2. The van der Waals surface area contributed by atoms with E-state index in [-0.39, 0.29) is 0 Å². The van der Waals surface area contributed by atoms with Crippen LogP contribution in [-0.2, 0) is 0 Å². The first-order valence-corrected chi connectivity index (χ1v) is 6.42. The Morgan fingerprint density at radius 3 is 2.94 bits per heavy atom. The van der Waals surface area contributed by atoms with E-state index in [4.69, 9.17) is 5.84 Å². The molecule has 0 radical (unpaired) electrons. The molecule has 1 unspecified atom stereocenters. The van der Waals surface area contributed by atoms with E-state index in [9.17, 15) is 0 Å². The summed E-state index contributed by atoms with van der Waals surface area (Å²) in [6, 6.07) is 1.83. The van der Waals surface area contributed by atoms with Crippen LogP contribution in [0.1, 0.15) is 18.7 Å². The van der Waals surface area contributed by atoms with E-state index in [0.717, 1.165) is 18.9 Å². The van der Waals surface area contributed by atoms with E-state index in [0.29, 0.717) is 17.6 Å². The number of nitrogens with zero attached hydrogens (tertiary/aromatic N) is 3. The van der Waals surface area contributed by atoms with Gasteiger partial charge in [-0.2, -0.15) is 0 Å². The molecule has 1 saturated heterocycles. The molecule has 4 N–H and O–H groups in total. The molecule has 1 aromatic heterocycles. The third-order valence-corrected chi connectivity index (χ3v) is 3.28. The largest absolute Gasteiger partial charge is 0.370 e. The number of rotatable bonds is 4. The molecule has 6 heteroatoms. The van der Waals surface area contributed by atoms with E-state index in [1.54, 1.807) is 0 Å². The predicted octanol–water partition coefficient (Wildman–Crippen LogP) is 0.824. The van der Waals surface area contributed by atoms with Gasteiger partial charge < -0.3 is 15.6 Å². The van der Waals surface area contributed by atoms with Crippen LogP contribution in [-0.4, -0.2) is 41.5 Å². The van der Waals surface area contributed by atoms with Gasteiger partial charge >= 0.3 is 0 Å². The van der Waals surface area contributed by atoms with Gasteiger partial charge in [-0.05, 0) is 39.3 Å². The number of hydrogen-bond donors (Lipinski definition) is 3. The average Bonchev–Trinajstić information content (AvgIpc) is 2.36. The van der Waals surface area contributed by atoms with Gasteiger partial charge in [-0.3, -0.25) is 0 Å². The second-order valence-corrected chi connectivity index (χ2v) is 4.98. The zero-order chi connectivity index (χ0) is 13.0. The Hall–Kier alpha value is -1.40. The molecule has 1 aromatic rings. The minimum Gasteiger partial charge on any atom is -0.370 e. The third-order valence-electron chi connectivity index (χ3n) is 3.28. The number of hydrazine groups is 1. The van der Waals surface area contributed by atoms with Gasteiger partial charge in [0.25, 0.3) is 0 Å². The minimum absolute atomic E-state index is 0.644. The van der Waals surface area contributed by atoms with E-state index in [1.165, 1.54) is 19.4 Å². The lowest BCUT2D eigenvalue weighted by Gasteiger charge is -2.29. The fourth-order valence-corrected chi connectivity index (χ4v) is 2.42. The van der Waals surface area contributed by atoms with E-state index >= 15 is 0 Å². The second-order valence-electron chi connectivity index (χ2n) is 4.98. The monoisotopic (exact) mass is 250 g/mol. The summed E-state index contributed by atoms with van der Waals surface area (Å²) in [4.78, 5) is 10.9. The second kappa shape index (κ2) is 5.97. The average molecular weight is 250 g/mol. The Morgan fingerprint density at radius 1 is 1.44 bits per heavy atom. The first-order chi connectivity index (χ1) is 8.67. The van der Waals surface area contributed by atoms with Crippen molar-refractivity contribution in [1.29, 1.82) is 0 Å². The van der Waals surface area contributed by atoms with Gasteiger partial charge in [0.1, 0.15) is 17.5 Å². The fourth-order valence-electron chi connectivity index (χ4n) is 2.42. The van der Waals surface area contributed by atoms with Gasteiger partial charge in [-0.25, -0.2) is 15.8 Å². The maximum atomic E-state index is 5.37.